The predicted octanol–water partition coefficient (Wildman–Crippen LogP) is 4.52. The normalized spacial score (nSPS) is 11.0. The summed E-state index contributed by atoms with van der Waals surface area (Å²) in [7, 11) is 4.45. The number of methoxy groups -OCH3 is 3. The highest BCUT2D eigenvalue weighted by atomic mass is 79.9. The van der Waals surface area contributed by atoms with Crippen LogP contribution in [-0.2, 0) is 4.79 Å². The average Bonchev–Trinajstić information content (AvgIpc) is 2.89. The molecular formula is C26H21BrN2O6. The van der Waals surface area contributed by atoms with E-state index in [9.17, 15) is 9.59 Å². The van der Waals surface area contributed by atoms with Gasteiger partial charge < -0.3 is 19.0 Å². The minimum absolute atomic E-state index is 0.0957. The maximum atomic E-state index is 13.3. The summed E-state index contributed by atoms with van der Waals surface area (Å²) < 4.78 is 18.0. The monoisotopic (exact) mass is 536 g/mol. The van der Waals surface area contributed by atoms with E-state index in [1.807, 2.05) is 24.3 Å². The Hall–Kier alpha value is -4.11. The first-order valence-electron chi connectivity index (χ1n) is 10.4. The van der Waals surface area contributed by atoms with Crippen molar-refractivity contribution in [3.05, 3.63) is 87.1 Å². The van der Waals surface area contributed by atoms with Crippen LogP contribution in [0.5, 0.6) is 17.2 Å². The van der Waals surface area contributed by atoms with E-state index >= 15 is 0 Å². The van der Waals surface area contributed by atoms with Crippen molar-refractivity contribution < 1.29 is 23.8 Å². The molecule has 1 heterocycles. The molecule has 0 saturated carbocycles. The van der Waals surface area contributed by atoms with Crippen LogP contribution in [0.2, 0.25) is 0 Å². The summed E-state index contributed by atoms with van der Waals surface area (Å²) in [6.07, 6.45) is 2.83. The summed E-state index contributed by atoms with van der Waals surface area (Å²) in [6.45, 7) is 0. The number of hydrogen-bond acceptors (Lipinski definition) is 7. The largest absolute Gasteiger partial charge is 0.493 e. The van der Waals surface area contributed by atoms with E-state index in [0.29, 0.717) is 33.7 Å². The molecule has 0 atom stereocenters. The van der Waals surface area contributed by atoms with Gasteiger partial charge >= 0.3 is 5.97 Å². The van der Waals surface area contributed by atoms with Gasteiger partial charge in [0.25, 0.3) is 5.56 Å². The van der Waals surface area contributed by atoms with Crippen LogP contribution < -0.4 is 24.6 Å². The quantitative estimate of drug-likeness (QED) is 0.321. The number of halogens is 1. The Morgan fingerprint density at radius 2 is 1.60 bits per heavy atom. The van der Waals surface area contributed by atoms with Crippen molar-refractivity contribution in [2.75, 3.05) is 21.3 Å². The smallest absolute Gasteiger partial charge is 0.356 e. The van der Waals surface area contributed by atoms with Crippen molar-refractivity contribution >= 4 is 38.9 Å². The lowest BCUT2D eigenvalue weighted by atomic mass is 10.1. The summed E-state index contributed by atoms with van der Waals surface area (Å²) in [5.74, 6) is 0.441. The number of ether oxygens (including phenoxy) is 3. The van der Waals surface area contributed by atoms with Crippen LogP contribution in [0.15, 0.2) is 76.0 Å². The van der Waals surface area contributed by atoms with Crippen molar-refractivity contribution in [3.63, 3.8) is 0 Å². The van der Waals surface area contributed by atoms with Gasteiger partial charge in [-0.25, -0.2) is 9.78 Å². The zero-order chi connectivity index (χ0) is 24.9. The fraction of sp³-hybridized carbons (Fsp3) is 0.115. The molecule has 0 saturated heterocycles. The minimum Gasteiger partial charge on any atom is -0.493 e. The highest BCUT2D eigenvalue weighted by Crippen LogP contribution is 2.40. The highest BCUT2D eigenvalue weighted by Gasteiger charge is 2.20. The standard InChI is InChI=1S/C26H21BrN2O6/c1-32-21-14-17(15-22(33-2)24(21)34-3)25-28-20-7-5-4-6-19(20)26(31)29(25)35-23(30)13-10-16-8-11-18(27)12-9-16/h4-15H,1-3H3. The van der Waals surface area contributed by atoms with Crippen molar-refractivity contribution in [1.82, 2.24) is 9.71 Å². The first-order chi connectivity index (χ1) is 16.9. The second-order valence-corrected chi connectivity index (χ2v) is 8.18. The summed E-state index contributed by atoms with van der Waals surface area (Å²) >= 11 is 3.37. The Bertz CT molecular complexity index is 1450. The molecule has 0 spiro atoms. The van der Waals surface area contributed by atoms with Crippen LogP contribution >= 0.6 is 15.9 Å². The molecule has 0 unspecified atom stereocenters. The molecule has 0 aliphatic heterocycles. The molecule has 0 bridgehead atoms. The van der Waals surface area contributed by atoms with Crippen molar-refractivity contribution in [1.29, 1.82) is 0 Å². The van der Waals surface area contributed by atoms with E-state index in [4.69, 9.17) is 19.0 Å². The Morgan fingerprint density at radius 3 is 2.23 bits per heavy atom. The van der Waals surface area contributed by atoms with Crippen LogP contribution in [0.3, 0.4) is 0 Å². The lowest BCUT2D eigenvalue weighted by Crippen LogP contribution is -2.32. The van der Waals surface area contributed by atoms with Gasteiger partial charge in [-0.2, -0.15) is 0 Å². The molecule has 4 aromatic rings. The van der Waals surface area contributed by atoms with Gasteiger partial charge in [-0.3, -0.25) is 4.79 Å². The number of para-hydroxylation sites is 1. The van der Waals surface area contributed by atoms with E-state index in [-0.39, 0.29) is 5.82 Å². The first kappa shape index (κ1) is 24.0. The summed E-state index contributed by atoms with van der Waals surface area (Å²) in [4.78, 5) is 36.1. The number of benzene rings is 3. The summed E-state index contributed by atoms with van der Waals surface area (Å²) in [6, 6.07) is 17.4. The molecule has 0 radical (unpaired) electrons. The Balaban J connectivity index is 1.83. The van der Waals surface area contributed by atoms with Crippen molar-refractivity contribution in [3.8, 4) is 28.6 Å². The summed E-state index contributed by atoms with van der Waals surface area (Å²) in [5.41, 5.74) is 1.12. The fourth-order valence-corrected chi connectivity index (χ4v) is 3.72. The van der Waals surface area contributed by atoms with Crippen LogP contribution in [0, 0.1) is 0 Å². The number of hydrogen-bond donors (Lipinski definition) is 0. The van der Waals surface area contributed by atoms with E-state index in [0.717, 1.165) is 14.8 Å². The van der Waals surface area contributed by atoms with Crippen LogP contribution in [0.25, 0.3) is 28.4 Å². The topological polar surface area (TPSA) is 88.9 Å². The Kier molecular flexibility index (Phi) is 7.17. The van der Waals surface area contributed by atoms with Gasteiger partial charge in [0, 0.05) is 16.1 Å². The van der Waals surface area contributed by atoms with Crippen molar-refractivity contribution in [2.24, 2.45) is 0 Å². The predicted molar refractivity (Wildman–Crippen MR) is 136 cm³/mol. The molecule has 0 amide bonds. The minimum atomic E-state index is -0.749. The van der Waals surface area contributed by atoms with Gasteiger partial charge in [0.05, 0.1) is 32.2 Å². The molecule has 9 heteroatoms. The lowest BCUT2D eigenvalue weighted by molar-refractivity contribution is -0.138. The number of nitrogens with zero attached hydrogens (tertiary/aromatic N) is 2. The molecule has 0 fully saturated rings. The summed E-state index contributed by atoms with van der Waals surface area (Å²) in [5, 5.41) is 0.299. The van der Waals surface area contributed by atoms with Gasteiger partial charge in [-0.15, -0.1) is 4.73 Å². The Labute approximate surface area is 209 Å². The van der Waals surface area contributed by atoms with Crippen LogP contribution in [0.1, 0.15) is 5.56 Å². The molecule has 0 aliphatic rings. The van der Waals surface area contributed by atoms with Crippen LogP contribution in [-0.4, -0.2) is 37.0 Å². The highest BCUT2D eigenvalue weighted by molar-refractivity contribution is 9.10. The third kappa shape index (κ3) is 5.04. The average molecular weight is 537 g/mol. The first-order valence-corrected chi connectivity index (χ1v) is 11.2. The SMILES string of the molecule is COc1cc(-c2nc3ccccc3c(=O)n2OC(=O)C=Cc2ccc(Br)cc2)cc(OC)c1OC. The molecule has 35 heavy (non-hydrogen) atoms. The zero-order valence-electron chi connectivity index (χ0n) is 19.2. The van der Waals surface area contributed by atoms with Gasteiger partial charge in [0.2, 0.25) is 5.75 Å². The molecule has 8 nitrogen and oxygen atoms in total. The third-order valence-electron chi connectivity index (χ3n) is 5.12. The molecule has 178 valence electrons. The molecule has 4 rings (SSSR count). The number of aromatic nitrogens is 2. The maximum absolute atomic E-state index is 13.3. The van der Waals surface area contributed by atoms with Gasteiger partial charge in [-0.05, 0) is 48.0 Å². The molecule has 0 aliphatic carbocycles. The number of rotatable bonds is 7. The van der Waals surface area contributed by atoms with E-state index in [2.05, 4.69) is 20.9 Å². The van der Waals surface area contributed by atoms with E-state index < -0.39 is 11.5 Å². The van der Waals surface area contributed by atoms with E-state index in [1.54, 1.807) is 42.5 Å². The molecular weight excluding hydrogens is 516 g/mol. The van der Waals surface area contributed by atoms with Crippen molar-refractivity contribution in [2.45, 2.75) is 0 Å². The lowest BCUT2D eigenvalue weighted by Gasteiger charge is -2.16. The Morgan fingerprint density at radius 1 is 0.943 bits per heavy atom. The maximum Gasteiger partial charge on any atom is 0.356 e. The van der Waals surface area contributed by atoms with Crippen LogP contribution in [0.4, 0.5) is 0 Å². The zero-order valence-corrected chi connectivity index (χ0v) is 20.7. The molecule has 1 aromatic heterocycles. The number of fused-ring (bicyclic) bond motifs is 1. The van der Waals surface area contributed by atoms with Gasteiger partial charge in [-0.1, -0.05) is 40.2 Å². The number of carbonyl (C=O) groups excluding carboxylic acids is 1. The van der Waals surface area contributed by atoms with Gasteiger partial charge in [0.15, 0.2) is 17.3 Å². The molecule has 3 aromatic carbocycles. The molecule has 0 N–H and O–H groups in total. The third-order valence-corrected chi connectivity index (χ3v) is 5.65. The number of carbonyl (C=O) groups is 1. The van der Waals surface area contributed by atoms with Gasteiger partial charge in [0.1, 0.15) is 0 Å². The fourth-order valence-electron chi connectivity index (χ4n) is 3.45. The second kappa shape index (κ2) is 10.4. The second-order valence-electron chi connectivity index (χ2n) is 7.26. The van der Waals surface area contributed by atoms with E-state index in [1.165, 1.54) is 27.4 Å².